The number of ether oxygens (including phenoxy) is 1. The van der Waals surface area contributed by atoms with E-state index in [2.05, 4.69) is 10.3 Å². The van der Waals surface area contributed by atoms with Crippen LogP contribution in [0.4, 0.5) is 23.1 Å². The summed E-state index contributed by atoms with van der Waals surface area (Å²) in [6.07, 6.45) is -3.03. The monoisotopic (exact) mass is 363 g/mol. The lowest BCUT2D eigenvalue weighted by Gasteiger charge is -2.23. The molecular weight excluding hydrogens is 343 g/mol. The van der Waals surface area contributed by atoms with E-state index >= 15 is 0 Å². The van der Waals surface area contributed by atoms with Crippen LogP contribution in [-0.2, 0) is 10.9 Å². The van der Waals surface area contributed by atoms with E-state index in [1.165, 1.54) is 0 Å². The van der Waals surface area contributed by atoms with Crippen LogP contribution in [0.25, 0.3) is 0 Å². The van der Waals surface area contributed by atoms with Crippen molar-refractivity contribution < 1.29 is 22.7 Å². The zero-order valence-electron chi connectivity index (χ0n) is 13.7. The molecule has 3 rings (SSSR count). The Morgan fingerprint density at radius 2 is 2.08 bits per heavy atom. The summed E-state index contributed by atoms with van der Waals surface area (Å²) < 4.78 is 43.4. The first kappa shape index (κ1) is 17.3. The van der Waals surface area contributed by atoms with Gasteiger partial charge >= 0.3 is 12.3 Å². The Balaban J connectivity index is 1.67. The molecule has 0 radical (unpaired) electrons. The summed E-state index contributed by atoms with van der Waals surface area (Å²) in [4.78, 5) is 17.5. The van der Waals surface area contributed by atoms with E-state index in [0.29, 0.717) is 18.2 Å². The van der Waals surface area contributed by atoms with Crippen molar-refractivity contribution in [2.45, 2.75) is 51.4 Å². The van der Waals surface area contributed by atoms with Gasteiger partial charge in [-0.25, -0.2) is 9.78 Å². The highest BCUT2D eigenvalue weighted by Gasteiger charge is 2.56. The molecule has 1 aromatic heterocycles. The van der Waals surface area contributed by atoms with E-state index in [4.69, 9.17) is 4.74 Å². The third-order valence-electron chi connectivity index (χ3n) is 4.28. The number of halogens is 3. The van der Waals surface area contributed by atoms with E-state index in [-0.39, 0.29) is 11.5 Å². The Kier molecular flexibility index (Phi) is 3.97. The number of carbonyl (C=O) groups is 1. The normalized spacial score (nSPS) is 22.8. The highest BCUT2D eigenvalue weighted by Crippen LogP contribution is 2.54. The lowest BCUT2D eigenvalue weighted by molar-refractivity contribution is -0.140. The van der Waals surface area contributed by atoms with Gasteiger partial charge in [-0.05, 0) is 33.6 Å². The predicted molar refractivity (Wildman–Crippen MR) is 84.2 cm³/mol. The van der Waals surface area contributed by atoms with Crippen molar-refractivity contribution in [3.05, 3.63) is 11.1 Å². The molecule has 0 aromatic carbocycles. The number of aromatic nitrogens is 1. The molecular formula is C15H20F3N3O2S. The molecule has 9 heteroatoms. The Bertz CT molecular complexity index is 635. The van der Waals surface area contributed by atoms with Gasteiger partial charge in [0, 0.05) is 23.9 Å². The van der Waals surface area contributed by atoms with Crippen LogP contribution in [0.3, 0.4) is 0 Å². The Morgan fingerprint density at radius 3 is 2.58 bits per heavy atom. The van der Waals surface area contributed by atoms with Crippen molar-refractivity contribution >= 4 is 22.6 Å². The molecule has 1 amide bonds. The molecule has 1 aliphatic carbocycles. The first-order valence-electron chi connectivity index (χ1n) is 7.76. The number of amides is 1. The fraction of sp³-hybridized carbons (Fsp3) is 0.733. The van der Waals surface area contributed by atoms with Crippen molar-refractivity contribution in [3.8, 4) is 0 Å². The topological polar surface area (TPSA) is 54.5 Å². The number of carbonyl (C=O) groups excluding carboxylic acids is 1. The summed E-state index contributed by atoms with van der Waals surface area (Å²) in [6, 6.07) is -0.134. The molecule has 24 heavy (non-hydrogen) atoms. The van der Waals surface area contributed by atoms with Gasteiger partial charge in [-0.3, -0.25) is 0 Å². The number of nitrogens with one attached hydrogen (secondary N) is 1. The van der Waals surface area contributed by atoms with Crippen molar-refractivity contribution in [1.82, 2.24) is 10.3 Å². The third kappa shape index (κ3) is 3.60. The summed E-state index contributed by atoms with van der Waals surface area (Å²) in [5, 5.41) is 4.26. The minimum atomic E-state index is -4.43. The van der Waals surface area contributed by atoms with Crippen molar-refractivity contribution in [3.63, 3.8) is 0 Å². The van der Waals surface area contributed by atoms with E-state index in [1.54, 1.807) is 20.8 Å². The molecule has 0 bridgehead atoms. The largest absolute Gasteiger partial charge is 0.444 e. The number of anilines is 1. The summed E-state index contributed by atoms with van der Waals surface area (Å²) in [7, 11) is 0. The minimum absolute atomic E-state index is 0.0685. The van der Waals surface area contributed by atoms with Crippen LogP contribution in [0.15, 0.2) is 5.38 Å². The zero-order chi connectivity index (χ0) is 17.8. The van der Waals surface area contributed by atoms with E-state index in [1.807, 2.05) is 4.90 Å². The molecule has 2 aliphatic rings. The smallest absolute Gasteiger partial charge is 0.434 e. The molecule has 134 valence electrons. The maximum absolute atomic E-state index is 12.7. The lowest BCUT2D eigenvalue weighted by Crippen LogP contribution is -2.44. The van der Waals surface area contributed by atoms with Gasteiger partial charge in [0.2, 0.25) is 0 Å². The quantitative estimate of drug-likeness (QED) is 0.871. The summed E-state index contributed by atoms with van der Waals surface area (Å²) in [5.74, 6) is 0. The van der Waals surface area contributed by atoms with Crippen LogP contribution in [0.5, 0.6) is 0 Å². The van der Waals surface area contributed by atoms with Crippen LogP contribution < -0.4 is 10.2 Å². The average molecular weight is 363 g/mol. The second-order valence-corrected chi connectivity index (χ2v) is 8.29. The molecule has 1 saturated heterocycles. The second kappa shape index (κ2) is 5.50. The minimum Gasteiger partial charge on any atom is -0.444 e. The number of alkyl carbamates (subject to hydrolysis) is 1. The highest BCUT2D eigenvalue weighted by atomic mass is 32.1. The maximum Gasteiger partial charge on any atom is 0.434 e. The van der Waals surface area contributed by atoms with Gasteiger partial charge in [-0.1, -0.05) is 0 Å². The van der Waals surface area contributed by atoms with Gasteiger partial charge in [0.05, 0.1) is 6.04 Å². The SMILES string of the molecule is CC(C)(C)OC(=O)N[C@H]1CN(c2nc(C(F)(F)F)cs2)CC12CC2. The van der Waals surface area contributed by atoms with Crippen molar-refractivity contribution in [2.24, 2.45) is 5.41 Å². The van der Waals surface area contributed by atoms with E-state index in [0.717, 1.165) is 29.6 Å². The fourth-order valence-corrected chi connectivity index (χ4v) is 3.81. The molecule has 0 unspecified atom stereocenters. The van der Waals surface area contributed by atoms with Gasteiger partial charge in [0.15, 0.2) is 10.8 Å². The number of nitrogens with zero attached hydrogens (tertiary/aromatic N) is 2. The molecule has 1 aromatic rings. The van der Waals surface area contributed by atoms with Gasteiger partial charge in [0.25, 0.3) is 0 Å². The average Bonchev–Trinajstić information content (AvgIpc) is 2.86. The summed E-state index contributed by atoms with van der Waals surface area (Å²) in [6.45, 7) is 6.42. The van der Waals surface area contributed by atoms with E-state index < -0.39 is 23.6 Å². The van der Waals surface area contributed by atoms with Gasteiger partial charge < -0.3 is 15.0 Å². The van der Waals surface area contributed by atoms with Gasteiger partial charge in [-0.2, -0.15) is 13.2 Å². The Morgan fingerprint density at radius 1 is 1.42 bits per heavy atom. The number of alkyl halides is 3. The zero-order valence-corrected chi connectivity index (χ0v) is 14.6. The van der Waals surface area contributed by atoms with Crippen molar-refractivity contribution in [1.29, 1.82) is 0 Å². The molecule has 1 aliphatic heterocycles. The van der Waals surface area contributed by atoms with Crippen molar-refractivity contribution in [2.75, 3.05) is 18.0 Å². The molecule has 1 N–H and O–H groups in total. The molecule has 1 atom stereocenters. The predicted octanol–water partition coefficient (Wildman–Crippen LogP) is 3.66. The Hall–Kier alpha value is -1.51. The maximum atomic E-state index is 12.7. The standard InChI is InChI=1S/C15H20F3N3O2S/c1-13(2,3)23-12(22)20-9-6-21(8-14(9)4-5-14)11-19-10(7-24-11)15(16,17)18/h7,9H,4-6,8H2,1-3H3,(H,20,22)/t9-/m0/s1. The fourth-order valence-electron chi connectivity index (χ4n) is 2.97. The van der Waals surface area contributed by atoms with E-state index in [9.17, 15) is 18.0 Å². The second-order valence-electron chi connectivity index (χ2n) is 7.45. The van der Waals surface area contributed by atoms with Crippen LogP contribution in [0, 0.1) is 5.41 Å². The lowest BCUT2D eigenvalue weighted by atomic mass is 10.0. The summed E-state index contributed by atoms with van der Waals surface area (Å²) in [5.41, 5.74) is -1.52. The summed E-state index contributed by atoms with van der Waals surface area (Å²) >= 11 is 0.984. The molecule has 2 fully saturated rings. The van der Waals surface area contributed by atoms with Crippen LogP contribution in [0.1, 0.15) is 39.3 Å². The number of thiazole rings is 1. The molecule has 1 spiro atoms. The van der Waals surface area contributed by atoms with Crippen LogP contribution in [-0.4, -0.2) is 35.8 Å². The molecule has 2 heterocycles. The first-order valence-corrected chi connectivity index (χ1v) is 8.64. The highest BCUT2D eigenvalue weighted by molar-refractivity contribution is 7.13. The van der Waals surface area contributed by atoms with Gasteiger partial charge in [-0.15, -0.1) is 11.3 Å². The number of hydrogen-bond donors (Lipinski definition) is 1. The third-order valence-corrected chi connectivity index (χ3v) is 5.19. The molecule has 1 saturated carbocycles. The Labute approximate surface area is 142 Å². The number of hydrogen-bond acceptors (Lipinski definition) is 5. The number of rotatable bonds is 2. The molecule has 5 nitrogen and oxygen atoms in total. The first-order chi connectivity index (χ1) is 11.0. The van der Waals surface area contributed by atoms with Crippen LogP contribution in [0.2, 0.25) is 0 Å². The van der Waals surface area contributed by atoms with Gasteiger partial charge in [0.1, 0.15) is 5.60 Å². The van der Waals surface area contributed by atoms with Crippen LogP contribution >= 0.6 is 11.3 Å².